The monoisotopic (exact) mass is 200 g/mol. The van der Waals surface area contributed by atoms with Gasteiger partial charge in [0, 0.05) is 18.1 Å². The van der Waals surface area contributed by atoms with E-state index >= 15 is 0 Å². The van der Waals surface area contributed by atoms with E-state index in [0.717, 1.165) is 18.1 Å². The minimum absolute atomic E-state index is 0.834. The Bertz CT molecular complexity index is 170. The predicted octanol–water partition coefficient (Wildman–Crippen LogP) is 1.82. The molecule has 0 saturated carbocycles. The van der Waals surface area contributed by atoms with Crippen molar-refractivity contribution < 1.29 is 0 Å². The van der Waals surface area contributed by atoms with Gasteiger partial charge in [0.2, 0.25) is 0 Å². The van der Waals surface area contributed by atoms with Crippen LogP contribution in [0.4, 0.5) is 0 Å². The van der Waals surface area contributed by atoms with Gasteiger partial charge in [0.05, 0.1) is 0 Å². The van der Waals surface area contributed by atoms with Crippen LogP contribution in [0, 0.1) is 0 Å². The molecule has 0 aromatic carbocycles. The van der Waals surface area contributed by atoms with E-state index in [4.69, 9.17) is 0 Å². The van der Waals surface area contributed by atoms with Crippen LogP contribution in [-0.2, 0) is 0 Å². The Morgan fingerprint density at radius 1 is 1.15 bits per heavy atom. The summed E-state index contributed by atoms with van der Waals surface area (Å²) < 4.78 is 2.64. The lowest BCUT2D eigenvalue weighted by atomic mass is 9.99. The van der Waals surface area contributed by atoms with E-state index in [0.29, 0.717) is 0 Å². The lowest BCUT2D eigenvalue weighted by Gasteiger charge is -2.39. The first-order valence-electron chi connectivity index (χ1n) is 5.21. The fraction of sp³-hybridized carbons (Fsp3) is 1.00. The summed E-state index contributed by atoms with van der Waals surface area (Å²) in [6, 6.07) is 2.56. The van der Waals surface area contributed by atoms with Crippen LogP contribution in [0.1, 0.15) is 25.7 Å². The first-order chi connectivity index (χ1) is 6.22. The third-order valence-corrected chi connectivity index (χ3v) is 4.60. The van der Waals surface area contributed by atoms with Crippen LogP contribution in [0.5, 0.6) is 0 Å². The van der Waals surface area contributed by atoms with Crippen LogP contribution in [0.3, 0.4) is 0 Å². The summed E-state index contributed by atoms with van der Waals surface area (Å²) >= 11 is 1.95. The molecule has 2 unspecified atom stereocenters. The molecule has 0 aliphatic carbocycles. The summed E-state index contributed by atoms with van der Waals surface area (Å²) in [4.78, 5) is 2.41. The zero-order valence-corrected chi connectivity index (χ0v) is 9.68. The number of piperidine rings is 1. The van der Waals surface area contributed by atoms with E-state index in [9.17, 15) is 0 Å². The highest BCUT2D eigenvalue weighted by molar-refractivity contribution is 7.96. The normalized spacial score (nSPS) is 40.2. The molecule has 0 N–H and O–H groups in total. The molecule has 2 aliphatic rings. The summed E-state index contributed by atoms with van der Waals surface area (Å²) in [6.45, 7) is 0. The van der Waals surface area contributed by atoms with Crippen LogP contribution in [0.2, 0.25) is 0 Å². The van der Waals surface area contributed by atoms with E-state index in [1.54, 1.807) is 0 Å². The summed E-state index contributed by atoms with van der Waals surface area (Å²) in [5.74, 6) is 0. The van der Waals surface area contributed by atoms with Crippen molar-refractivity contribution in [2.45, 2.75) is 43.8 Å². The van der Waals surface area contributed by atoms with Crippen LogP contribution < -0.4 is 0 Å². The Morgan fingerprint density at radius 3 is 2.08 bits per heavy atom. The maximum atomic E-state index is 2.64. The van der Waals surface area contributed by atoms with E-state index in [-0.39, 0.29) is 0 Å². The van der Waals surface area contributed by atoms with Crippen LogP contribution in [-0.4, -0.2) is 47.7 Å². The van der Waals surface area contributed by atoms with Gasteiger partial charge in [-0.3, -0.25) is 0 Å². The molecule has 0 aromatic heterocycles. The zero-order chi connectivity index (χ0) is 9.42. The molecular formula is C10H20N2S. The Hall–Kier alpha value is 0.270. The maximum Gasteiger partial charge on any atom is 0.0221 e. The highest BCUT2D eigenvalue weighted by Gasteiger charge is 2.40. The smallest absolute Gasteiger partial charge is 0.0221 e. The van der Waals surface area contributed by atoms with Crippen LogP contribution in [0.15, 0.2) is 0 Å². The van der Waals surface area contributed by atoms with Gasteiger partial charge in [0.25, 0.3) is 0 Å². The second-order valence-corrected chi connectivity index (χ2v) is 5.30. The minimum atomic E-state index is 0.834. The van der Waals surface area contributed by atoms with Crippen molar-refractivity contribution in [1.82, 2.24) is 9.21 Å². The molecule has 2 nitrogen and oxygen atoms in total. The molecule has 0 aromatic rings. The molecule has 2 atom stereocenters. The average molecular weight is 200 g/mol. The molecule has 0 spiro atoms. The van der Waals surface area contributed by atoms with Crippen LogP contribution >= 0.6 is 11.9 Å². The standard InChI is InChI=1S/C10H20N2S/c1-11(2)10-6-8-4-5-9(7-10)12(8)13-3/h8-10H,4-7H2,1-3H3. The van der Waals surface area contributed by atoms with Gasteiger partial charge in [0.15, 0.2) is 0 Å². The molecule has 0 radical (unpaired) electrons. The third-order valence-electron chi connectivity index (χ3n) is 3.58. The topological polar surface area (TPSA) is 6.48 Å². The highest BCUT2D eigenvalue weighted by atomic mass is 32.2. The molecular weight excluding hydrogens is 180 g/mol. The van der Waals surface area contributed by atoms with Gasteiger partial charge in [-0.1, -0.05) is 11.9 Å². The molecule has 2 rings (SSSR count). The number of nitrogens with zero attached hydrogens (tertiary/aromatic N) is 2. The Labute approximate surface area is 85.8 Å². The van der Waals surface area contributed by atoms with Gasteiger partial charge in [-0.2, -0.15) is 0 Å². The lowest BCUT2D eigenvalue weighted by Crippen LogP contribution is -2.45. The molecule has 13 heavy (non-hydrogen) atoms. The van der Waals surface area contributed by atoms with Gasteiger partial charge in [-0.15, -0.1) is 0 Å². The molecule has 2 saturated heterocycles. The van der Waals surface area contributed by atoms with Gasteiger partial charge >= 0.3 is 0 Å². The van der Waals surface area contributed by atoms with Gasteiger partial charge in [-0.25, -0.2) is 4.31 Å². The largest absolute Gasteiger partial charge is 0.306 e. The predicted molar refractivity (Wildman–Crippen MR) is 58.9 cm³/mol. The van der Waals surface area contributed by atoms with Gasteiger partial charge in [-0.05, 0) is 46.0 Å². The molecule has 0 amide bonds. The molecule has 76 valence electrons. The molecule has 2 fully saturated rings. The van der Waals surface area contributed by atoms with Gasteiger partial charge < -0.3 is 4.90 Å². The number of hydrogen-bond donors (Lipinski definition) is 0. The summed E-state index contributed by atoms with van der Waals surface area (Å²) in [7, 11) is 4.44. The maximum absolute atomic E-state index is 2.64. The van der Waals surface area contributed by atoms with E-state index in [1.165, 1.54) is 25.7 Å². The Kier molecular flexibility index (Phi) is 2.86. The van der Waals surface area contributed by atoms with Crippen LogP contribution in [0.25, 0.3) is 0 Å². The third kappa shape index (κ3) is 1.74. The molecule has 2 heterocycles. The van der Waals surface area contributed by atoms with E-state index < -0.39 is 0 Å². The van der Waals surface area contributed by atoms with E-state index in [1.807, 2.05) is 11.9 Å². The Morgan fingerprint density at radius 2 is 1.69 bits per heavy atom. The first kappa shape index (κ1) is 9.81. The summed E-state index contributed by atoms with van der Waals surface area (Å²) in [5, 5.41) is 0. The minimum Gasteiger partial charge on any atom is -0.306 e. The SMILES string of the molecule is CSN1C2CCC1CC(N(C)C)C2. The second kappa shape index (κ2) is 3.79. The van der Waals surface area contributed by atoms with Crippen molar-refractivity contribution >= 4 is 11.9 Å². The van der Waals surface area contributed by atoms with Crippen molar-refractivity contribution in [3.63, 3.8) is 0 Å². The lowest BCUT2D eigenvalue weighted by molar-refractivity contribution is 0.152. The average Bonchev–Trinajstić information content (AvgIpc) is 2.34. The fourth-order valence-corrected chi connectivity index (χ4v) is 3.80. The van der Waals surface area contributed by atoms with Crippen molar-refractivity contribution in [2.24, 2.45) is 0 Å². The van der Waals surface area contributed by atoms with Crippen molar-refractivity contribution in [3.05, 3.63) is 0 Å². The molecule has 2 aliphatic heterocycles. The van der Waals surface area contributed by atoms with Gasteiger partial charge in [0.1, 0.15) is 0 Å². The number of rotatable bonds is 2. The van der Waals surface area contributed by atoms with E-state index in [2.05, 4.69) is 29.6 Å². The summed E-state index contributed by atoms with van der Waals surface area (Å²) in [6.07, 6.45) is 7.84. The van der Waals surface area contributed by atoms with Crippen molar-refractivity contribution in [3.8, 4) is 0 Å². The number of fused-ring (bicyclic) bond motifs is 2. The molecule has 2 bridgehead atoms. The molecule has 3 heteroatoms. The quantitative estimate of drug-likeness (QED) is 0.628. The Balaban J connectivity index is 2.02. The summed E-state index contributed by atoms with van der Waals surface area (Å²) in [5.41, 5.74) is 0. The number of hydrogen-bond acceptors (Lipinski definition) is 3. The second-order valence-electron chi connectivity index (χ2n) is 4.52. The highest BCUT2D eigenvalue weighted by Crippen LogP contribution is 2.40. The van der Waals surface area contributed by atoms with Crippen molar-refractivity contribution in [1.29, 1.82) is 0 Å². The fourth-order valence-electron chi connectivity index (χ4n) is 2.83. The zero-order valence-electron chi connectivity index (χ0n) is 8.86. The first-order valence-corrected chi connectivity index (χ1v) is 6.39. The van der Waals surface area contributed by atoms with Crippen molar-refractivity contribution in [2.75, 3.05) is 20.4 Å².